The van der Waals surface area contributed by atoms with Crippen LogP contribution in [0.3, 0.4) is 0 Å². The molecular formula is C21H20N2O2S. The number of ether oxygens (including phenoxy) is 1. The Morgan fingerprint density at radius 1 is 1.15 bits per heavy atom. The number of aromatic nitrogens is 1. The van der Waals surface area contributed by atoms with E-state index in [0.717, 1.165) is 30.0 Å². The topological polar surface area (TPSA) is 42.4 Å². The van der Waals surface area contributed by atoms with E-state index in [1.165, 1.54) is 28.9 Å². The van der Waals surface area contributed by atoms with Gasteiger partial charge in [-0.15, -0.1) is 11.3 Å². The number of anilines is 2. The molecular weight excluding hydrogens is 344 g/mol. The molecule has 1 aliphatic carbocycles. The number of hydrogen-bond donors (Lipinski definition) is 0. The van der Waals surface area contributed by atoms with E-state index >= 15 is 0 Å². The minimum Gasteiger partial charge on any atom is -0.484 e. The number of carbonyl (C=O) groups excluding carboxylic acids is 1. The van der Waals surface area contributed by atoms with E-state index in [2.05, 4.69) is 17.1 Å². The second kappa shape index (κ2) is 7.30. The summed E-state index contributed by atoms with van der Waals surface area (Å²) in [6, 6.07) is 15.7. The van der Waals surface area contributed by atoms with Crippen LogP contribution in [0.25, 0.3) is 0 Å². The number of rotatable bonds is 5. The lowest BCUT2D eigenvalue weighted by Crippen LogP contribution is -2.30. The van der Waals surface area contributed by atoms with Crippen molar-refractivity contribution in [3.05, 3.63) is 70.7 Å². The van der Waals surface area contributed by atoms with Crippen molar-refractivity contribution in [2.24, 2.45) is 0 Å². The number of para-hydroxylation sites is 1. The highest BCUT2D eigenvalue weighted by Gasteiger charge is 2.21. The first-order chi connectivity index (χ1) is 12.7. The van der Waals surface area contributed by atoms with E-state index in [9.17, 15) is 4.79 Å². The molecule has 0 radical (unpaired) electrons. The van der Waals surface area contributed by atoms with Crippen LogP contribution in [0.2, 0.25) is 0 Å². The van der Waals surface area contributed by atoms with Gasteiger partial charge in [0.25, 0.3) is 5.91 Å². The monoisotopic (exact) mass is 364 g/mol. The molecule has 4 nitrogen and oxygen atoms in total. The zero-order chi connectivity index (χ0) is 17.9. The molecule has 1 heterocycles. The Bertz CT molecular complexity index is 921. The number of hydrogen-bond acceptors (Lipinski definition) is 4. The minimum absolute atomic E-state index is 0.0215. The number of fused-ring (bicyclic) bond motifs is 1. The summed E-state index contributed by atoms with van der Waals surface area (Å²) in [4.78, 5) is 19.0. The lowest BCUT2D eigenvalue weighted by molar-refractivity contribution is -0.119. The third-order valence-electron chi connectivity index (χ3n) is 4.49. The van der Waals surface area contributed by atoms with Crippen molar-refractivity contribution in [3.8, 4) is 5.75 Å². The summed E-state index contributed by atoms with van der Waals surface area (Å²) >= 11 is 1.46. The second-order valence-electron chi connectivity index (χ2n) is 6.41. The van der Waals surface area contributed by atoms with Crippen molar-refractivity contribution in [3.63, 3.8) is 0 Å². The van der Waals surface area contributed by atoms with E-state index in [1.54, 1.807) is 4.90 Å². The summed E-state index contributed by atoms with van der Waals surface area (Å²) in [6.45, 7) is 1.90. The van der Waals surface area contributed by atoms with Gasteiger partial charge >= 0.3 is 0 Å². The summed E-state index contributed by atoms with van der Waals surface area (Å²) < 4.78 is 5.81. The maximum atomic E-state index is 12.9. The SMILES string of the molecule is Cc1csc(N(C(=O)COc2ccc3c(c2)CCC3)c2ccccc2)n1. The maximum Gasteiger partial charge on any atom is 0.271 e. The Hall–Kier alpha value is -2.66. The molecule has 0 unspecified atom stereocenters. The van der Waals surface area contributed by atoms with Crippen LogP contribution in [-0.2, 0) is 17.6 Å². The van der Waals surface area contributed by atoms with Crippen molar-refractivity contribution in [2.75, 3.05) is 11.5 Å². The molecule has 0 atom stereocenters. The molecule has 26 heavy (non-hydrogen) atoms. The number of nitrogens with zero attached hydrogens (tertiary/aromatic N) is 2. The Kier molecular flexibility index (Phi) is 4.71. The summed E-state index contributed by atoms with van der Waals surface area (Å²) in [5.41, 5.74) is 4.43. The average molecular weight is 364 g/mol. The fourth-order valence-electron chi connectivity index (χ4n) is 3.23. The van der Waals surface area contributed by atoms with Gasteiger partial charge in [-0.2, -0.15) is 0 Å². The fourth-order valence-corrected chi connectivity index (χ4v) is 4.07. The van der Waals surface area contributed by atoms with Crippen molar-refractivity contribution in [1.82, 2.24) is 4.98 Å². The Balaban J connectivity index is 1.53. The molecule has 3 aromatic rings. The highest BCUT2D eigenvalue weighted by molar-refractivity contribution is 7.14. The number of aryl methyl sites for hydroxylation is 3. The first-order valence-electron chi connectivity index (χ1n) is 8.75. The lowest BCUT2D eigenvalue weighted by Gasteiger charge is -2.20. The van der Waals surface area contributed by atoms with Crippen molar-refractivity contribution in [1.29, 1.82) is 0 Å². The first kappa shape index (κ1) is 16.8. The second-order valence-corrected chi connectivity index (χ2v) is 7.25. The molecule has 0 fully saturated rings. The quantitative estimate of drug-likeness (QED) is 0.660. The van der Waals surface area contributed by atoms with Crippen molar-refractivity contribution >= 4 is 28.1 Å². The van der Waals surface area contributed by atoms with Crippen molar-refractivity contribution < 1.29 is 9.53 Å². The predicted molar refractivity (Wildman–Crippen MR) is 104 cm³/mol. The van der Waals surface area contributed by atoms with Crippen LogP contribution in [-0.4, -0.2) is 17.5 Å². The molecule has 1 aromatic heterocycles. The highest BCUT2D eigenvalue weighted by Crippen LogP contribution is 2.29. The van der Waals surface area contributed by atoms with E-state index in [1.807, 2.05) is 48.7 Å². The number of amides is 1. The zero-order valence-corrected chi connectivity index (χ0v) is 15.5. The molecule has 0 N–H and O–H groups in total. The predicted octanol–water partition coefficient (Wildman–Crippen LogP) is 4.68. The normalized spacial score (nSPS) is 12.7. The highest BCUT2D eigenvalue weighted by atomic mass is 32.1. The van der Waals surface area contributed by atoms with Crippen LogP contribution in [0.5, 0.6) is 5.75 Å². The molecule has 132 valence electrons. The lowest BCUT2D eigenvalue weighted by atomic mass is 10.1. The minimum atomic E-state index is -0.133. The zero-order valence-electron chi connectivity index (χ0n) is 14.6. The van der Waals surface area contributed by atoms with Gasteiger partial charge in [-0.3, -0.25) is 9.69 Å². The largest absolute Gasteiger partial charge is 0.484 e. The van der Waals surface area contributed by atoms with Gasteiger partial charge in [-0.05, 0) is 61.6 Å². The summed E-state index contributed by atoms with van der Waals surface area (Å²) in [7, 11) is 0. The fraction of sp³-hybridized carbons (Fsp3) is 0.238. The smallest absolute Gasteiger partial charge is 0.271 e. The molecule has 0 spiro atoms. The standard InChI is InChI=1S/C21H20N2O2S/c1-15-14-26-21(22-15)23(18-8-3-2-4-9-18)20(24)13-25-19-11-10-16-6-5-7-17(16)12-19/h2-4,8-12,14H,5-7,13H2,1H3. The van der Waals surface area contributed by atoms with Gasteiger partial charge in [0.2, 0.25) is 0 Å². The van der Waals surface area contributed by atoms with Crippen LogP contribution < -0.4 is 9.64 Å². The molecule has 2 aromatic carbocycles. The van der Waals surface area contributed by atoms with Crippen LogP contribution >= 0.6 is 11.3 Å². The van der Waals surface area contributed by atoms with Gasteiger partial charge in [-0.1, -0.05) is 24.3 Å². The van der Waals surface area contributed by atoms with E-state index < -0.39 is 0 Å². The molecule has 0 saturated heterocycles. The molecule has 0 saturated carbocycles. The molecule has 1 amide bonds. The summed E-state index contributed by atoms with van der Waals surface area (Å²) in [5.74, 6) is 0.619. The number of benzene rings is 2. The Morgan fingerprint density at radius 3 is 2.73 bits per heavy atom. The number of carbonyl (C=O) groups is 1. The van der Waals surface area contributed by atoms with Gasteiger partial charge in [0.1, 0.15) is 5.75 Å². The van der Waals surface area contributed by atoms with E-state index in [0.29, 0.717) is 5.13 Å². The summed E-state index contributed by atoms with van der Waals surface area (Å²) in [5, 5.41) is 2.61. The van der Waals surface area contributed by atoms with Crippen LogP contribution in [0.4, 0.5) is 10.8 Å². The first-order valence-corrected chi connectivity index (χ1v) is 9.63. The molecule has 4 rings (SSSR count). The third kappa shape index (κ3) is 3.48. The molecule has 5 heteroatoms. The van der Waals surface area contributed by atoms with Crippen LogP contribution in [0.1, 0.15) is 23.2 Å². The molecule has 0 bridgehead atoms. The summed E-state index contributed by atoms with van der Waals surface area (Å²) in [6.07, 6.45) is 3.43. The molecule has 1 aliphatic rings. The third-order valence-corrected chi connectivity index (χ3v) is 5.44. The van der Waals surface area contributed by atoms with Crippen molar-refractivity contribution in [2.45, 2.75) is 26.2 Å². The maximum absolute atomic E-state index is 12.9. The van der Waals surface area contributed by atoms with Gasteiger partial charge in [0.05, 0.1) is 11.4 Å². The van der Waals surface area contributed by atoms with Gasteiger partial charge in [0, 0.05) is 5.38 Å². The Labute approximate surface area is 157 Å². The van der Waals surface area contributed by atoms with Gasteiger partial charge in [0.15, 0.2) is 11.7 Å². The molecule has 0 aliphatic heterocycles. The number of thiazole rings is 1. The van der Waals surface area contributed by atoms with E-state index in [4.69, 9.17) is 4.74 Å². The average Bonchev–Trinajstić information content (AvgIpc) is 3.29. The van der Waals surface area contributed by atoms with Gasteiger partial charge in [-0.25, -0.2) is 4.98 Å². The van der Waals surface area contributed by atoms with E-state index in [-0.39, 0.29) is 12.5 Å². The van der Waals surface area contributed by atoms with Crippen LogP contribution in [0.15, 0.2) is 53.9 Å². The van der Waals surface area contributed by atoms with Crippen LogP contribution in [0, 0.1) is 6.92 Å². The Morgan fingerprint density at radius 2 is 1.96 bits per heavy atom. The van der Waals surface area contributed by atoms with Gasteiger partial charge < -0.3 is 4.74 Å².